The van der Waals surface area contributed by atoms with E-state index in [0.717, 1.165) is 4.47 Å². The van der Waals surface area contributed by atoms with Crippen LogP contribution in [0.4, 0.5) is 0 Å². The first-order chi connectivity index (χ1) is 6.09. The largest absolute Gasteiger partial charge is 0.376 e. The number of carbonyl (C=O) groups is 1. The molecule has 68 valence electrons. The van der Waals surface area contributed by atoms with Gasteiger partial charge in [-0.2, -0.15) is 0 Å². The summed E-state index contributed by atoms with van der Waals surface area (Å²) in [4.78, 5) is 11.3. The number of hydrogen-bond acceptors (Lipinski definition) is 2. The van der Waals surface area contributed by atoms with Gasteiger partial charge in [-0.3, -0.25) is 10.1 Å². The molecule has 3 nitrogen and oxygen atoms in total. The molecule has 5 heteroatoms. The summed E-state index contributed by atoms with van der Waals surface area (Å²) in [5.41, 5.74) is 5.67. The lowest BCUT2D eigenvalue weighted by atomic mass is 10.2. The lowest BCUT2D eigenvalue weighted by Gasteiger charge is -2.01. The minimum atomic E-state index is -0.292. The number of benzene rings is 1. The van der Waals surface area contributed by atoms with Crippen molar-refractivity contribution in [3.8, 4) is 0 Å². The molecule has 0 aromatic heterocycles. The first-order valence-corrected chi connectivity index (χ1v) is 4.66. The molecule has 0 saturated carbocycles. The van der Waals surface area contributed by atoms with Crippen molar-refractivity contribution >= 4 is 39.2 Å². The Kier molecular flexibility index (Phi) is 3.39. The molecular formula is C8H7BrN2OS. The van der Waals surface area contributed by atoms with E-state index < -0.39 is 0 Å². The van der Waals surface area contributed by atoms with E-state index in [1.54, 1.807) is 24.3 Å². The van der Waals surface area contributed by atoms with Gasteiger partial charge in [-0.05, 0) is 36.5 Å². The smallest absolute Gasteiger partial charge is 0.257 e. The molecule has 13 heavy (non-hydrogen) atoms. The molecule has 0 saturated heterocycles. The van der Waals surface area contributed by atoms with Gasteiger partial charge in [0.25, 0.3) is 5.91 Å². The number of carbonyl (C=O) groups excluding carboxylic acids is 1. The van der Waals surface area contributed by atoms with Crippen LogP contribution in [0.3, 0.4) is 0 Å². The van der Waals surface area contributed by atoms with Crippen LogP contribution in [0.15, 0.2) is 28.7 Å². The Hall–Kier alpha value is -0.940. The Bertz CT molecular complexity index is 337. The van der Waals surface area contributed by atoms with E-state index in [9.17, 15) is 4.79 Å². The fourth-order valence-corrected chi connectivity index (χ4v) is 1.14. The van der Waals surface area contributed by atoms with E-state index in [2.05, 4.69) is 33.5 Å². The normalized spacial score (nSPS) is 9.31. The SMILES string of the molecule is NC(=S)NC(=O)c1ccc(Br)cc1. The minimum Gasteiger partial charge on any atom is -0.376 e. The molecule has 0 radical (unpaired) electrons. The maximum atomic E-state index is 11.3. The first-order valence-electron chi connectivity index (χ1n) is 3.46. The van der Waals surface area contributed by atoms with Crippen molar-refractivity contribution in [3.05, 3.63) is 34.3 Å². The fraction of sp³-hybridized carbons (Fsp3) is 0. The zero-order valence-electron chi connectivity index (χ0n) is 6.58. The molecule has 0 spiro atoms. The van der Waals surface area contributed by atoms with Gasteiger partial charge in [-0.25, -0.2) is 0 Å². The molecule has 1 aromatic rings. The van der Waals surface area contributed by atoms with Crippen molar-refractivity contribution in [1.29, 1.82) is 0 Å². The molecule has 0 heterocycles. The van der Waals surface area contributed by atoms with Crippen molar-refractivity contribution in [2.75, 3.05) is 0 Å². The highest BCUT2D eigenvalue weighted by Crippen LogP contribution is 2.10. The fourth-order valence-electron chi connectivity index (χ4n) is 0.785. The molecule has 0 aliphatic carbocycles. The third-order valence-corrected chi connectivity index (χ3v) is 1.97. The van der Waals surface area contributed by atoms with Crippen molar-refractivity contribution in [3.63, 3.8) is 0 Å². The Morgan fingerprint density at radius 3 is 2.38 bits per heavy atom. The van der Waals surface area contributed by atoms with Gasteiger partial charge in [0, 0.05) is 10.0 Å². The predicted molar refractivity (Wildman–Crippen MR) is 58.4 cm³/mol. The lowest BCUT2D eigenvalue weighted by molar-refractivity contribution is 0.0977. The topological polar surface area (TPSA) is 55.1 Å². The zero-order chi connectivity index (χ0) is 9.84. The standard InChI is InChI=1S/C8H7BrN2OS/c9-6-3-1-5(2-4-6)7(12)11-8(10)13/h1-4H,(H3,10,11,12,13). The summed E-state index contributed by atoms with van der Waals surface area (Å²) in [7, 11) is 0. The third kappa shape index (κ3) is 3.12. The maximum absolute atomic E-state index is 11.3. The quantitative estimate of drug-likeness (QED) is 0.750. The predicted octanol–water partition coefficient (Wildman–Crippen LogP) is 1.42. The second-order valence-electron chi connectivity index (χ2n) is 2.33. The average molecular weight is 259 g/mol. The Labute approximate surface area is 89.4 Å². The number of nitrogens with two attached hydrogens (primary N) is 1. The van der Waals surface area contributed by atoms with Crippen LogP contribution in [0.25, 0.3) is 0 Å². The Balaban J connectivity index is 2.78. The summed E-state index contributed by atoms with van der Waals surface area (Å²) >= 11 is 7.80. The second-order valence-corrected chi connectivity index (χ2v) is 3.68. The van der Waals surface area contributed by atoms with Crippen LogP contribution in [0.1, 0.15) is 10.4 Å². The lowest BCUT2D eigenvalue weighted by Crippen LogP contribution is -2.34. The van der Waals surface area contributed by atoms with E-state index in [1.807, 2.05) is 0 Å². The molecule has 3 N–H and O–H groups in total. The Morgan fingerprint density at radius 1 is 1.38 bits per heavy atom. The van der Waals surface area contributed by atoms with Gasteiger partial charge in [0.2, 0.25) is 0 Å². The summed E-state index contributed by atoms with van der Waals surface area (Å²) in [6, 6.07) is 6.90. The molecule has 1 rings (SSSR count). The van der Waals surface area contributed by atoms with Gasteiger partial charge >= 0.3 is 0 Å². The summed E-state index contributed by atoms with van der Waals surface area (Å²) in [5, 5.41) is 2.31. The molecule has 0 bridgehead atoms. The van der Waals surface area contributed by atoms with Crippen LogP contribution >= 0.6 is 28.1 Å². The average Bonchev–Trinajstić information content (AvgIpc) is 2.04. The highest BCUT2D eigenvalue weighted by Gasteiger charge is 2.04. The number of thiocarbonyl (C=S) groups is 1. The molecule has 0 aliphatic heterocycles. The van der Waals surface area contributed by atoms with Crippen molar-refractivity contribution in [2.24, 2.45) is 5.73 Å². The van der Waals surface area contributed by atoms with Crippen LogP contribution in [-0.2, 0) is 0 Å². The molecule has 0 aliphatic rings. The van der Waals surface area contributed by atoms with Gasteiger partial charge in [0.15, 0.2) is 5.11 Å². The molecule has 1 amide bonds. The molecule has 0 fully saturated rings. The number of amides is 1. The van der Waals surface area contributed by atoms with Gasteiger partial charge in [0.05, 0.1) is 0 Å². The molecule has 0 atom stereocenters. The first kappa shape index (κ1) is 10.1. The van der Waals surface area contributed by atoms with Crippen LogP contribution in [0.2, 0.25) is 0 Å². The van der Waals surface area contributed by atoms with E-state index in [1.165, 1.54) is 0 Å². The second kappa shape index (κ2) is 4.34. The zero-order valence-corrected chi connectivity index (χ0v) is 8.98. The number of rotatable bonds is 1. The minimum absolute atomic E-state index is 0.0204. The van der Waals surface area contributed by atoms with E-state index in [-0.39, 0.29) is 11.0 Å². The van der Waals surface area contributed by atoms with Crippen LogP contribution < -0.4 is 11.1 Å². The summed E-state index contributed by atoms with van der Waals surface area (Å²) in [6.45, 7) is 0. The van der Waals surface area contributed by atoms with Gasteiger partial charge in [-0.15, -0.1) is 0 Å². The van der Waals surface area contributed by atoms with Crippen LogP contribution in [0, 0.1) is 0 Å². The van der Waals surface area contributed by atoms with Crippen molar-refractivity contribution in [2.45, 2.75) is 0 Å². The summed E-state index contributed by atoms with van der Waals surface area (Å²) < 4.78 is 0.916. The molecule has 0 unspecified atom stereocenters. The van der Waals surface area contributed by atoms with Crippen LogP contribution in [-0.4, -0.2) is 11.0 Å². The van der Waals surface area contributed by atoms with Crippen molar-refractivity contribution < 1.29 is 4.79 Å². The third-order valence-electron chi connectivity index (χ3n) is 1.34. The van der Waals surface area contributed by atoms with Crippen LogP contribution in [0.5, 0.6) is 0 Å². The number of halogens is 1. The van der Waals surface area contributed by atoms with E-state index in [4.69, 9.17) is 5.73 Å². The Morgan fingerprint density at radius 2 is 1.92 bits per heavy atom. The van der Waals surface area contributed by atoms with E-state index in [0.29, 0.717) is 5.56 Å². The van der Waals surface area contributed by atoms with E-state index >= 15 is 0 Å². The summed E-state index contributed by atoms with van der Waals surface area (Å²) in [6.07, 6.45) is 0. The van der Waals surface area contributed by atoms with Gasteiger partial charge in [-0.1, -0.05) is 15.9 Å². The van der Waals surface area contributed by atoms with Crippen molar-refractivity contribution in [1.82, 2.24) is 5.32 Å². The number of hydrogen-bond donors (Lipinski definition) is 2. The number of nitrogens with one attached hydrogen (secondary N) is 1. The van der Waals surface area contributed by atoms with Gasteiger partial charge < -0.3 is 5.73 Å². The highest BCUT2D eigenvalue weighted by atomic mass is 79.9. The van der Waals surface area contributed by atoms with Gasteiger partial charge in [0.1, 0.15) is 0 Å². The maximum Gasteiger partial charge on any atom is 0.257 e. The molecular weight excluding hydrogens is 252 g/mol. The molecule has 1 aromatic carbocycles. The monoisotopic (exact) mass is 258 g/mol. The highest BCUT2D eigenvalue weighted by molar-refractivity contribution is 9.10. The summed E-state index contributed by atoms with van der Waals surface area (Å²) in [5.74, 6) is -0.292.